The molecule has 0 aromatic heterocycles. The van der Waals surface area contributed by atoms with Gasteiger partial charge in [0.05, 0.1) is 6.54 Å². The fourth-order valence-corrected chi connectivity index (χ4v) is 0.679. The van der Waals surface area contributed by atoms with Crippen LogP contribution in [0.4, 0.5) is 0 Å². The lowest BCUT2D eigenvalue weighted by Gasteiger charge is -1.98. The van der Waals surface area contributed by atoms with E-state index in [1.807, 2.05) is 26.8 Å². The Labute approximate surface area is 112 Å². The van der Waals surface area contributed by atoms with E-state index in [4.69, 9.17) is 5.73 Å². The van der Waals surface area contributed by atoms with Crippen LogP contribution >= 0.6 is 0 Å². The maximum absolute atomic E-state index is 11.0. The average Bonchev–Trinajstić information content (AvgIpc) is 2.40. The maximum Gasteiger partial charge on any atom is 0.175 e. The van der Waals surface area contributed by atoms with Crippen LogP contribution in [-0.2, 0) is 4.79 Å². The SMILES string of the molecule is CC.CCC.C\C=C/C=C\C(O)=C(/C)C(=O)CN. The van der Waals surface area contributed by atoms with Crippen LogP contribution in [0.25, 0.3) is 0 Å². The minimum absolute atomic E-state index is 0.0337. The van der Waals surface area contributed by atoms with Crippen molar-refractivity contribution in [3.8, 4) is 0 Å². The number of hydrogen-bond donors (Lipinski definition) is 2. The van der Waals surface area contributed by atoms with Crippen LogP contribution in [0.2, 0.25) is 0 Å². The maximum atomic E-state index is 11.0. The lowest BCUT2D eigenvalue weighted by Crippen LogP contribution is -2.15. The molecule has 0 aromatic carbocycles. The van der Waals surface area contributed by atoms with Crippen LogP contribution < -0.4 is 5.73 Å². The summed E-state index contributed by atoms with van der Waals surface area (Å²) in [7, 11) is 0. The summed E-state index contributed by atoms with van der Waals surface area (Å²) in [4.78, 5) is 11.0. The fraction of sp³-hybridized carbons (Fsp3) is 0.533. The minimum Gasteiger partial charge on any atom is -0.508 e. The molecule has 0 bridgehead atoms. The molecule has 3 nitrogen and oxygen atoms in total. The molecule has 3 N–H and O–H groups in total. The molecule has 0 spiro atoms. The molecule has 0 radical (unpaired) electrons. The minimum atomic E-state index is -0.248. The summed E-state index contributed by atoms with van der Waals surface area (Å²) < 4.78 is 0. The third kappa shape index (κ3) is 14.6. The zero-order valence-corrected chi connectivity index (χ0v) is 12.7. The van der Waals surface area contributed by atoms with E-state index >= 15 is 0 Å². The summed E-state index contributed by atoms with van der Waals surface area (Å²) in [6, 6.07) is 0. The molecular weight excluding hydrogens is 226 g/mol. The van der Waals surface area contributed by atoms with Gasteiger partial charge in [0.1, 0.15) is 5.76 Å². The molecule has 0 saturated carbocycles. The number of carbonyl (C=O) groups is 1. The van der Waals surface area contributed by atoms with Gasteiger partial charge in [-0.1, -0.05) is 52.3 Å². The van der Waals surface area contributed by atoms with Crippen molar-refractivity contribution in [2.24, 2.45) is 5.73 Å². The van der Waals surface area contributed by atoms with Crippen molar-refractivity contribution in [2.45, 2.75) is 48.0 Å². The van der Waals surface area contributed by atoms with Crippen LogP contribution in [-0.4, -0.2) is 17.4 Å². The van der Waals surface area contributed by atoms with Gasteiger partial charge >= 0.3 is 0 Å². The first kappa shape index (κ1) is 21.9. The monoisotopic (exact) mass is 255 g/mol. The van der Waals surface area contributed by atoms with Crippen molar-refractivity contribution in [3.05, 3.63) is 35.6 Å². The molecule has 3 heteroatoms. The van der Waals surface area contributed by atoms with Gasteiger partial charge in [-0.15, -0.1) is 0 Å². The number of hydrogen-bond acceptors (Lipinski definition) is 3. The van der Waals surface area contributed by atoms with E-state index in [0.717, 1.165) is 0 Å². The van der Waals surface area contributed by atoms with Crippen LogP contribution in [0.15, 0.2) is 35.6 Å². The third-order valence-electron chi connectivity index (χ3n) is 1.55. The van der Waals surface area contributed by atoms with E-state index in [9.17, 15) is 9.90 Å². The number of ketones is 1. The van der Waals surface area contributed by atoms with E-state index in [-0.39, 0.29) is 18.1 Å². The van der Waals surface area contributed by atoms with Gasteiger partial charge in [0, 0.05) is 5.57 Å². The Morgan fingerprint density at radius 2 is 1.67 bits per heavy atom. The third-order valence-corrected chi connectivity index (χ3v) is 1.55. The summed E-state index contributed by atoms with van der Waals surface area (Å²) in [6.45, 7) is 11.6. The molecule has 0 heterocycles. The first-order valence-electron chi connectivity index (χ1n) is 6.47. The summed E-state index contributed by atoms with van der Waals surface area (Å²) in [6.07, 6.45) is 7.95. The molecule has 0 amide bonds. The van der Waals surface area contributed by atoms with E-state index in [2.05, 4.69) is 13.8 Å². The number of nitrogens with two attached hydrogens (primary N) is 1. The molecule has 18 heavy (non-hydrogen) atoms. The Morgan fingerprint density at radius 3 is 2.00 bits per heavy atom. The fourth-order valence-electron chi connectivity index (χ4n) is 0.679. The number of allylic oxidation sites excluding steroid dienone is 4. The molecule has 0 aliphatic carbocycles. The quantitative estimate of drug-likeness (QED) is 0.454. The number of aliphatic hydroxyl groups is 1. The number of rotatable bonds is 4. The van der Waals surface area contributed by atoms with Crippen LogP contribution in [0, 0.1) is 0 Å². The second-order valence-corrected chi connectivity index (χ2v) is 3.23. The van der Waals surface area contributed by atoms with Gasteiger partial charge in [-0.2, -0.15) is 0 Å². The Morgan fingerprint density at radius 1 is 1.22 bits per heavy atom. The van der Waals surface area contributed by atoms with Crippen LogP contribution in [0.1, 0.15) is 48.0 Å². The van der Waals surface area contributed by atoms with Crippen molar-refractivity contribution >= 4 is 5.78 Å². The number of aliphatic hydroxyl groups excluding tert-OH is 1. The van der Waals surface area contributed by atoms with E-state index in [0.29, 0.717) is 5.57 Å². The molecule has 0 fully saturated rings. The predicted molar refractivity (Wildman–Crippen MR) is 80.7 cm³/mol. The Bertz CT molecular complexity index is 276. The summed E-state index contributed by atoms with van der Waals surface area (Å²) in [5, 5.41) is 9.33. The highest BCUT2D eigenvalue weighted by Crippen LogP contribution is 2.02. The normalized spacial score (nSPS) is 11.3. The number of Topliss-reactive ketones (excluding diaryl/α,β-unsaturated/α-hetero) is 1. The lowest BCUT2D eigenvalue weighted by molar-refractivity contribution is -0.114. The lowest BCUT2D eigenvalue weighted by atomic mass is 10.1. The number of carbonyl (C=O) groups excluding carboxylic acids is 1. The standard InChI is InChI=1S/C10H15NO2.C3H8.C2H6/c1-3-4-5-6-9(12)8(2)10(13)7-11;1-3-2;1-2/h3-6,12H,7,11H2,1-2H3;3H2,1-2H3;1-2H3/b4-3-,6-5-,9-8-;;. The molecular formula is C15H29NO2. The van der Waals surface area contributed by atoms with Gasteiger partial charge in [0.25, 0.3) is 0 Å². The molecule has 0 aliphatic heterocycles. The van der Waals surface area contributed by atoms with Crippen LogP contribution in [0.3, 0.4) is 0 Å². The second-order valence-electron chi connectivity index (χ2n) is 3.23. The van der Waals surface area contributed by atoms with Gasteiger partial charge in [0.2, 0.25) is 0 Å². The van der Waals surface area contributed by atoms with Crippen molar-refractivity contribution in [2.75, 3.05) is 6.54 Å². The molecule has 0 saturated heterocycles. The highest BCUT2D eigenvalue weighted by Gasteiger charge is 2.04. The van der Waals surface area contributed by atoms with Crippen molar-refractivity contribution in [3.63, 3.8) is 0 Å². The molecule has 0 aliphatic rings. The largest absolute Gasteiger partial charge is 0.508 e. The Balaban J connectivity index is -0.000000389. The van der Waals surface area contributed by atoms with Crippen molar-refractivity contribution < 1.29 is 9.90 Å². The first-order valence-corrected chi connectivity index (χ1v) is 6.47. The van der Waals surface area contributed by atoms with Crippen molar-refractivity contribution in [1.29, 1.82) is 0 Å². The molecule has 0 aromatic rings. The topological polar surface area (TPSA) is 63.3 Å². The molecule has 0 atom stereocenters. The average molecular weight is 255 g/mol. The Kier molecular flexibility index (Phi) is 21.9. The summed E-state index contributed by atoms with van der Waals surface area (Å²) >= 11 is 0. The zero-order chi connectivity index (χ0) is 15.0. The first-order chi connectivity index (χ1) is 8.54. The van der Waals surface area contributed by atoms with Crippen molar-refractivity contribution in [1.82, 2.24) is 0 Å². The van der Waals surface area contributed by atoms with E-state index in [1.54, 1.807) is 19.1 Å². The zero-order valence-electron chi connectivity index (χ0n) is 12.7. The van der Waals surface area contributed by atoms with Gasteiger partial charge in [-0.25, -0.2) is 0 Å². The highest BCUT2D eigenvalue weighted by atomic mass is 16.3. The summed E-state index contributed by atoms with van der Waals surface area (Å²) in [5.74, 6) is -0.281. The summed E-state index contributed by atoms with van der Waals surface area (Å²) in [5.41, 5.74) is 5.43. The van der Waals surface area contributed by atoms with Gasteiger partial charge in [0.15, 0.2) is 5.78 Å². The smallest absolute Gasteiger partial charge is 0.175 e. The van der Waals surface area contributed by atoms with Gasteiger partial charge < -0.3 is 10.8 Å². The van der Waals surface area contributed by atoms with E-state index in [1.165, 1.54) is 12.5 Å². The molecule has 106 valence electrons. The second kappa shape index (κ2) is 18.0. The van der Waals surface area contributed by atoms with E-state index < -0.39 is 0 Å². The van der Waals surface area contributed by atoms with Crippen LogP contribution in [0.5, 0.6) is 0 Å². The molecule has 0 unspecified atom stereocenters. The van der Waals surface area contributed by atoms with Gasteiger partial charge in [-0.3, -0.25) is 4.79 Å². The van der Waals surface area contributed by atoms with Gasteiger partial charge in [-0.05, 0) is 19.9 Å². The predicted octanol–water partition coefficient (Wildman–Crippen LogP) is 3.92. The Hall–Kier alpha value is -1.35. The highest BCUT2D eigenvalue weighted by molar-refractivity contribution is 5.96. The molecule has 0 rings (SSSR count).